The van der Waals surface area contributed by atoms with Crippen molar-refractivity contribution in [3.63, 3.8) is 0 Å². The summed E-state index contributed by atoms with van der Waals surface area (Å²) in [4.78, 5) is 0. The lowest BCUT2D eigenvalue weighted by molar-refractivity contribution is -0.343. The number of halogens is 3. The Balaban J connectivity index is 2.61. The van der Waals surface area contributed by atoms with Gasteiger partial charge in [-0.15, -0.1) is 0 Å². The van der Waals surface area contributed by atoms with Gasteiger partial charge in [0.2, 0.25) is 5.60 Å². The fourth-order valence-electron chi connectivity index (χ4n) is 2.46. The van der Waals surface area contributed by atoms with E-state index in [1.807, 2.05) is 0 Å². The minimum absolute atomic E-state index is 0.364. The van der Waals surface area contributed by atoms with Crippen LogP contribution in [0.1, 0.15) is 5.56 Å². The molecule has 1 N–H and O–H groups in total. The molecule has 0 radical (unpaired) electrons. The summed E-state index contributed by atoms with van der Waals surface area (Å²) < 4.78 is 55.0. The molecule has 0 aromatic heterocycles. The Morgan fingerprint density at radius 3 is 2.00 bits per heavy atom. The Hall–Kier alpha value is -1.83. The van der Waals surface area contributed by atoms with Crippen molar-refractivity contribution in [3.8, 4) is 5.75 Å². The molecule has 2 aromatic rings. The molecule has 7 heteroatoms. The first-order valence-electron chi connectivity index (χ1n) is 6.71. The second-order valence-electron chi connectivity index (χ2n) is 5.00. The zero-order valence-corrected chi connectivity index (χ0v) is 12.8. The van der Waals surface area contributed by atoms with Crippen molar-refractivity contribution in [2.24, 2.45) is 0 Å². The number of benzene rings is 2. The lowest BCUT2D eigenvalue weighted by Crippen LogP contribution is -2.53. The molecule has 0 saturated heterocycles. The maximum Gasteiger partial charge on any atom is 0.426 e. The van der Waals surface area contributed by atoms with Crippen LogP contribution in [0.3, 0.4) is 0 Å². The molecule has 2 aromatic carbocycles. The van der Waals surface area contributed by atoms with E-state index in [-0.39, 0.29) is 5.56 Å². The molecule has 0 aliphatic rings. The van der Waals surface area contributed by atoms with Crippen LogP contribution in [0.5, 0.6) is 5.75 Å². The van der Waals surface area contributed by atoms with Gasteiger partial charge >= 0.3 is 6.18 Å². The predicted molar refractivity (Wildman–Crippen MR) is 78.3 cm³/mol. The van der Waals surface area contributed by atoms with Crippen LogP contribution in [0.25, 0.3) is 10.8 Å². The summed E-state index contributed by atoms with van der Waals surface area (Å²) in [5.41, 5.74) is -3.65. The number of rotatable bonds is 5. The third kappa shape index (κ3) is 2.99. The van der Waals surface area contributed by atoms with Crippen LogP contribution in [0.4, 0.5) is 13.2 Å². The van der Waals surface area contributed by atoms with Gasteiger partial charge in [0.25, 0.3) is 0 Å². The summed E-state index contributed by atoms with van der Waals surface area (Å²) in [7, 11) is 3.58. The molecule has 0 heterocycles. The molecule has 0 saturated carbocycles. The van der Waals surface area contributed by atoms with Crippen molar-refractivity contribution < 1.29 is 32.5 Å². The summed E-state index contributed by atoms with van der Waals surface area (Å²) in [6, 6.07) is 8.86. The highest BCUT2D eigenvalue weighted by Gasteiger charge is 2.61. The Morgan fingerprint density at radius 2 is 1.48 bits per heavy atom. The van der Waals surface area contributed by atoms with Crippen molar-refractivity contribution in [3.05, 3.63) is 42.0 Å². The van der Waals surface area contributed by atoms with E-state index in [1.54, 1.807) is 18.2 Å². The molecule has 0 amide bonds. The molecule has 126 valence electrons. The highest BCUT2D eigenvalue weighted by Crippen LogP contribution is 2.43. The molecule has 1 unspecified atom stereocenters. The summed E-state index contributed by atoms with van der Waals surface area (Å²) in [5, 5.41) is 11.5. The Kier molecular flexibility index (Phi) is 4.84. The van der Waals surface area contributed by atoms with Crippen molar-refractivity contribution >= 4 is 10.8 Å². The summed E-state index contributed by atoms with van der Waals surface area (Å²) in [6.07, 6.45) is -6.87. The quantitative estimate of drug-likeness (QED) is 0.855. The molecule has 0 spiro atoms. The highest BCUT2D eigenvalue weighted by atomic mass is 19.4. The topological polar surface area (TPSA) is 47.9 Å². The second-order valence-corrected chi connectivity index (χ2v) is 5.00. The first-order chi connectivity index (χ1) is 10.8. The molecule has 2 rings (SSSR count). The van der Waals surface area contributed by atoms with E-state index in [9.17, 15) is 18.3 Å². The van der Waals surface area contributed by atoms with Gasteiger partial charge in [0.15, 0.2) is 6.29 Å². The average molecular weight is 330 g/mol. The SMILES string of the molecule is COc1ccc2cc(C(O)(C(OC)OC)C(F)(F)F)ccc2c1. The monoisotopic (exact) mass is 330 g/mol. The maximum absolute atomic E-state index is 13.5. The van der Waals surface area contributed by atoms with Gasteiger partial charge < -0.3 is 19.3 Å². The number of aliphatic hydroxyl groups is 1. The largest absolute Gasteiger partial charge is 0.497 e. The van der Waals surface area contributed by atoms with E-state index in [4.69, 9.17) is 4.74 Å². The van der Waals surface area contributed by atoms with Gasteiger partial charge in [-0.1, -0.05) is 18.2 Å². The summed E-state index contributed by atoms with van der Waals surface area (Å²) in [6.45, 7) is 0. The Bertz CT molecular complexity index is 683. The Labute approximate surface area is 131 Å². The smallest absolute Gasteiger partial charge is 0.426 e. The minimum atomic E-state index is -4.98. The van der Waals surface area contributed by atoms with Gasteiger partial charge in [-0.3, -0.25) is 0 Å². The number of methoxy groups -OCH3 is 3. The summed E-state index contributed by atoms with van der Waals surface area (Å²) in [5.74, 6) is 0.586. The number of fused-ring (bicyclic) bond motifs is 1. The Morgan fingerprint density at radius 1 is 0.913 bits per heavy atom. The van der Waals surface area contributed by atoms with Crippen molar-refractivity contribution in [1.29, 1.82) is 0 Å². The van der Waals surface area contributed by atoms with Gasteiger partial charge in [0, 0.05) is 14.2 Å². The van der Waals surface area contributed by atoms with Crippen LogP contribution in [0.2, 0.25) is 0 Å². The number of hydrogen-bond donors (Lipinski definition) is 1. The molecular weight excluding hydrogens is 313 g/mol. The van der Waals surface area contributed by atoms with E-state index in [0.717, 1.165) is 14.2 Å². The maximum atomic E-state index is 13.5. The molecular formula is C16H17F3O4. The van der Waals surface area contributed by atoms with E-state index in [0.29, 0.717) is 16.5 Å². The van der Waals surface area contributed by atoms with Crippen LogP contribution < -0.4 is 4.74 Å². The lowest BCUT2D eigenvalue weighted by Gasteiger charge is -2.36. The molecule has 0 fully saturated rings. The molecule has 1 atom stereocenters. The van der Waals surface area contributed by atoms with Gasteiger partial charge in [0.1, 0.15) is 5.75 Å². The van der Waals surface area contributed by atoms with E-state index < -0.39 is 18.1 Å². The van der Waals surface area contributed by atoms with Gasteiger partial charge in [-0.05, 0) is 34.5 Å². The fourth-order valence-corrected chi connectivity index (χ4v) is 2.46. The zero-order valence-electron chi connectivity index (χ0n) is 12.8. The standard InChI is InChI=1S/C16H17F3O4/c1-21-13-7-5-10-8-12(6-4-11(10)9-13)15(20,16(17,18)19)14(22-2)23-3/h4-9,14,20H,1-3H3. The van der Waals surface area contributed by atoms with E-state index in [1.165, 1.54) is 25.3 Å². The molecule has 0 bridgehead atoms. The first-order valence-corrected chi connectivity index (χ1v) is 6.71. The van der Waals surface area contributed by atoms with Crippen LogP contribution in [-0.2, 0) is 15.1 Å². The normalized spacial score (nSPS) is 15.0. The highest BCUT2D eigenvalue weighted by molar-refractivity contribution is 5.84. The average Bonchev–Trinajstić information content (AvgIpc) is 2.53. The number of hydrogen-bond acceptors (Lipinski definition) is 4. The second kappa shape index (κ2) is 6.35. The lowest BCUT2D eigenvalue weighted by atomic mass is 9.90. The van der Waals surface area contributed by atoms with Crippen molar-refractivity contribution in [2.45, 2.75) is 18.1 Å². The third-order valence-electron chi connectivity index (χ3n) is 3.69. The number of ether oxygens (including phenoxy) is 3. The van der Waals surface area contributed by atoms with Gasteiger partial charge in [-0.2, -0.15) is 13.2 Å². The van der Waals surface area contributed by atoms with Crippen LogP contribution in [-0.4, -0.2) is 38.9 Å². The molecule has 0 aliphatic carbocycles. The van der Waals surface area contributed by atoms with E-state index in [2.05, 4.69) is 9.47 Å². The van der Waals surface area contributed by atoms with Gasteiger partial charge in [0.05, 0.1) is 7.11 Å². The molecule has 4 nitrogen and oxygen atoms in total. The zero-order chi connectivity index (χ0) is 17.3. The fraction of sp³-hybridized carbons (Fsp3) is 0.375. The third-order valence-corrected chi connectivity index (χ3v) is 3.69. The first kappa shape index (κ1) is 17.5. The van der Waals surface area contributed by atoms with E-state index >= 15 is 0 Å². The summed E-state index contributed by atoms with van der Waals surface area (Å²) >= 11 is 0. The van der Waals surface area contributed by atoms with Crippen molar-refractivity contribution in [1.82, 2.24) is 0 Å². The minimum Gasteiger partial charge on any atom is -0.497 e. The number of alkyl halides is 3. The van der Waals surface area contributed by atoms with Crippen LogP contribution in [0.15, 0.2) is 36.4 Å². The van der Waals surface area contributed by atoms with Crippen molar-refractivity contribution in [2.75, 3.05) is 21.3 Å². The van der Waals surface area contributed by atoms with Crippen LogP contribution >= 0.6 is 0 Å². The molecule has 23 heavy (non-hydrogen) atoms. The predicted octanol–water partition coefficient (Wildman–Crippen LogP) is 3.22. The van der Waals surface area contributed by atoms with Crippen LogP contribution in [0, 0.1) is 0 Å². The van der Waals surface area contributed by atoms with Gasteiger partial charge in [-0.25, -0.2) is 0 Å². The molecule has 0 aliphatic heterocycles.